The van der Waals surface area contributed by atoms with Crippen LogP contribution in [0.5, 0.6) is 0 Å². The average Bonchev–Trinajstić information content (AvgIpc) is 2.77. The fraction of sp³-hybridized carbons (Fsp3) is 0.182. The van der Waals surface area contributed by atoms with E-state index in [1.807, 2.05) is 6.07 Å². The summed E-state index contributed by atoms with van der Waals surface area (Å²) in [5, 5.41) is 12.6. The first-order valence-electron chi connectivity index (χ1n) is 4.99. The Balaban J connectivity index is 2.55. The van der Waals surface area contributed by atoms with Crippen LogP contribution in [0.3, 0.4) is 0 Å². The van der Waals surface area contributed by atoms with Crippen LogP contribution in [0.15, 0.2) is 24.5 Å². The molecule has 0 aliphatic rings. The van der Waals surface area contributed by atoms with Crippen LogP contribution in [0, 0.1) is 17.1 Å². The smallest absolute Gasteiger partial charge is 0.252 e. The molecule has 0 aliphatic carbocycles. The number of halogens is 1. The average molecular weight is 231 g/mol. The van der Waals surface area contributed by atoms with Crippen molar-refractivity contribution in [3.63, 3.8) is 0 Å². The summed E-state index contributed by atoms with van der Waals surface area (Å²) < 4.78 is 14.6. The predicted molar refractivity (Wildman–Crippen MR) is 58.6 cm³/mol. The van der Waals surface area contributed by atoms with Crippen molar-refractivity contribution in [1.82, 2.24) is 14.8 Å². The van der Waals surface area contributed by atoms with Crippen molar-refractivity contribution in [1.29, 1.82) is 5.26 Å². The standard InChI is InChI=1S/C11H10FN5/c1-7(14)9-4-8(12)2-3-10(9)17-6-15-11(5-13)16-17/h2-4,6-7H,14H2,1H3. The molecule has 0 bridgehead atoms. The molecule has 6 heteroatoms. The molecule has 0 spiro atoms. The molecule has 1 aromatic carbocycles. The predicted octanol–water partition coefficient (Wildman–Crippen LogP) is 1.30. The third-order valence-corrected chi connectivity index (χ3v) is 2.32. The number of benzene rings is 1. The maximum Gasteiger partial charge on any atom is 0.252 e. The van der Waals surface area contributed by atoms with E-state index in [0.29, 0.717) is 11.3 Å². The summed E-state index contributed by atoms with van der Waals surface area (Å²) in [6, 6.07) is 5.72. The first kappa shape index (κ1) is 11.2. The Labute approximate surface area is 97.3 Å². The Kier molecular flexibility index (Phi) is 2.85. The van der Waals surface area contributed by atoms with Gasteiger partial charge in [0.15, 0.2) is 0 Å². The van der Waals surface area contributed by atoms with Gasteiger partial charge in [-0.25, -0.2) is 14.1 Å². The van der Waals surface area contributed by atoms with Crippen LogP contribution in [0.25, 0.3) is 5.69 Å². The molecular weight excluding hydrogens is 221 g/mol. The molecule has 0 radical (unpaired) electrons. The molecule has 0 amide bonds. The Hall–Kier alpha value is -2.26. The minimum absolute atomic E-state index is 0.0601. The Bertz CT molecular complexity index is 582. The summed E-state index contributed by atoms with van der Waals surface area (Å²) in [5.74, 6) is -0.299. The second-order valence-electron chi connectivity index (χ2n) is 3.62. The largest absolute Gasteiger partial charge is 0.324 e. The quantitative estimate of drug-likeness (QED) is 0.844. The van der Waals surface area contributed by atoms with Crippen molar-refractivity contribution in [2.45, 2.75) is 13.0 Å². The highest BCUT2D eigenvalue weighted by Gasteiger charge is 2.11. The van der Waals surface area contributed by atoms with Gasteiger partial charge in [0.25, 0.3) is 5.82 Å². The highest BCUT2D eigenvalue weighted by Crippen LogP contribution is 2.20. The molecule has 1 unspecified atom stereocenters. The molecule has 1 aromatic heterocycles. The summed E-state index contributed by atoms with van der Waals surface area (Å²) in [4.78, 5) is 3.79. The number of nitrogens with zero attached hydrogens (tertiary/aromatic N) is 4. The zero-order chi connectivity index (χ0) is 12.4. The van der Waals surface area contributed by atoms with Crippen molar-refractivity contribution in [2.75, 3.05) is 0 Å². The molecular formula is C11H10FN5. The molecule has 0 saturated heterocycles. The lowest BCUT2D eigenvalue weighted by Crippen LogP contribution is -2.10. The fourth-order valence-corrected chi connectivity index (χ4v) is 1.53. The van der Waals surface area contributed by atoms with Gasteiger partial charge in [-0.3, -0.25) is 0 Å². The van der Waals surface area contributed by atoms with Crippen molar-refractivity contribution in [3.8, 4) is 11.8 Å². The highest BCUT2D eigenvalue weighted by molar-refractivity contribution is 5.42. The first-order chi connectivity index (χ1) is 8.11. The third kappa shape index (κ3) is 2.14. The van der Waals surface area contributed by atoms with Crippen LogP contribution in [0.4, 0.5) is 4.39 Å². The van der Waals surface area contributed by atoms with Gasteiger partial charge in [0, 0.05) is 6.04 Å². The number of hydrogen-bond acceptors (Lipinski definition) is 4. The Morgan fingerprint density at radius 2 is 2.29 bits per heavy atom. The second kappa shape index (κ2) is 4.31. The van der Waals surface area contributed by atoms with Crippen LogP contribution < -0.4 is 5.73 Å². The van der Waals surface area contributed by atoms with Gasteiger partial charge in [-0.1, -0.05) is 0 Å². The second-order valence-corrected chi connectivity index (χ2v) is 3.62. The molecule has 17 heavy (non-hydrogen) atoms. The van der Waals surface area contributed by atoms with E-state index in [1.165, 1.54) is 23.1 Å². The van der Waals surface area contributed by atoms with E-state index in [0.717, 1.165) is 0 Å². The number of aromatic nitrogens is 3. The van der Waals surface area contributed by atoms with Crippen molar-refractivity contribution in [3.05, 3.63) is 41.7 Å². The minimum atomic E-state index is -0.360. The van der Waals surface area contributed by atoms with E-state index >= 15 is 0 Å². The SMILES string of the molecule is CC(N)c1cc(F)ccc1-n1cnc(C#N)n1. The van der Waals surface area contributed by atoms with E-state index in [2.05, 4.69) is 10.1 Å². The van der Waals surface area contributed by atoms with Crippen LogP contribution in [0.2, 0.25) is 0 Å². The van der Waals surface area contributed by atoms with Gasteiger partial charge in [0.2, 0.25) is 0 Å². The van der Waals surface area contributed by atoms with Gasteiger partial charge in [-0.2, -0.15) is 5.26 Å². The molecule has 5 nitrogen and oxygen atoms in total. The van der Waals surface area contributed by atoms with E-state index in [-0.39, 0.29) is 17.7 Å². The lowest BCUT2D eigenvalue weighted by atomic mass is 10.1. The maximum absolute atomic E-state index is 13.1. The van der Waals surface area contributed by atoms with Crippen LogP contribution >= 0.6 is 0 Å². The number of hydrogen-bond donors (Lipinski definition) is 1. The third-order valence-electron chi connectivity index (χ3n) is 2.32. The Morgan fingerprint density at radius 3 is 2.88 bits per heavy atom. The summed E-state index contributed by atoms with van der Waals surface area (Å²) in [5.41, 5.74) is 7.00. The Morgan fingerprint density at radius 1 is 1.53 bits per heavy atom. The zero-order valence-corrected chi connectivity index (χ0v) is 9.13. The number of rotatable bonds is 2. The van der Waals surface area contributed by atoms with Gasteiger partial charge in [-0.15, -0.1) is 5.10 Å². The van der Waals surface area contributed by atoms with Crippen LogP contribution in [-0.4, -0.2) is 14.8 Å². The maximum atomic E-state index is 13.1. The monoisotopic (exact) mass is 231 g/mol. The molecule has 0 saturated carbocycles. The normalized spacial score (nSPS) is 12.1. The molecule has 0 aliphatic heterocycles. The molecule has 0 fully saturated rings. The van der Waals surface area contributed by atoms with Crippen molar-refractivity contribution >= 4 is 0 Å². The van der Waals surface area contributed by atoms with Crippen molar-refractivity contribution in [2.24, 2.45) is 5.73 Å². The minimum Gasteiger partial charge on any atom is -0.324 e. The first-order valence-corrected chi connectivity index (χ1v) is 4.99. The number of nitriles is 1. The lowest BCUT2D eigenvalue weighted by molar-refractivity contribution is 0.620. The molecule has 2 N–H and O–H groups in total. The van der Waals surface area contributed by atoms with Gasteiger partial charge in [-0.05, 0) is 30.7 Å². The van der Waals surface area contributed by atoms with Gasteiger partial charge in [0.1, 0.15) is 18.2 Å². The molecule has 86 valence electrons. The van der Waals surface area contributed by atoms with Crippen LogP contribution in [0.1, 0.15) is 24.4 Å². The van der Waals surface area contributed by atoms with Gasteiger partial charge >= 0.3 is 0 Å². The summed E-state index contributed by atoms with van der Waals surface area (Å²) in [7, 11) is 0. The topological polar surface area (TPSA) is 80.5 Å². The molecule has 1 atom stereocenters. The molecule has 1 heterocycles. The zero-order valence-electron chi connectivity index (χ0n) is 9.13. The van der Waals surface area contributed by atoms with Gasteiger partial charge in [0.05, 0.1) is 5.69 Å². The lowest BCUT2D eigenvalue weighted by Gasteiger charge is -2.12. The fourth-order valence-electron chi connectivity index (χ4n) is 1.53. The van der Waals surface area contributed by atoms with E-state index in [4.69, 9.17) is 11.0 Å². The molecule has 2 aromatic rings. The van der Waals surface area contributed by atoms with E-state index < -0.39 is 0 Å². The molecule has 2 rings (SSSR count). The highest BCUT2D eigenvalue weighted by atomic mass is 19.1. The van der Waals surface area contributed by atoms with E-state index in [9.17, 15) is 4.39 Å². The van der Waals surface area contributed by atoms with Crippen molar-refractivity contribution < 1.29 is 4.39 Å². The summed E-state index contributed by atoms with van der Waals surface area (Å²) in [6.45, 7) is 1.75. The van der Waals surface area contributed by atoms with Gasteiger partial charge < -0.3 is 5.73 Å². The summed E-state index contributed by atoms with van der Waals surface area (Å²) >= 11 is 0. The van der Waals surface area contributed by atoms with Crippen LogP contribution in [-0.2, 0) is 0 Å². The van der Waals surface area contributed by atoms with E-state index in [1.54, 1.807) is 13.0 Å². The summed E-state index contributed by atoms with van der Waals surface area (Å²) in [6.07, 6.45) is 1.40. The number of nitrogens with two attached hydrogens (primary N) is 1.